The summed E-state index contributed by atoms with van der Waals surface area (Å²) in [5.74, 6) is 0.645. The molecule has 0 heterocycles. The highest BCUT2D eigenvalue weighted by Gasteiger charge is 2.51. The van der Waals surface area contributed by atoms with Gasteiger partial charge < -0.3 is 15.3 Å². The van der Waals surface area contributed by atoms with Crippen LogP contribution < -0.4 is 0 Å². The van der Waals surface area contributed by atoms with Crippen LogP contribution in [0, 0.1) is 0 Å². The molecule has 2 aromatic rings. The Morgan fingerprint density at radius 3 is 1.66 bits per heavy atom. The van der Waals surface area contributed by atoms with Crippen LogP contribution in [-0.4, -0.2) is 21.5 Å². The van der Waals surface area contributed by atoms with E-state index in [1.165, 1.54) is 18.2 Å². The van der Waals surface area contributed by atoms with Gasteiger partial charge in [0.15, 0.2) is 17.1 Å². The highest BCUT2D eigenvalue weighted by molar-refractivity contribution is 5.41. The lowest BCUT2D eigenvalue weighted by molar-refractivity contribution is -0.258. The molecule has 0 spiro atoms. The number of phenols is 2. The van der Waals surface area contributed by atoms with Crippen LogP contribution in [-0.2, 0) is 5.60 Å². The summed E-state index contributed by atoms with van der Waals surface area (Å²) in [7, 11) is 0. The molecule has 0 fully saturated rings. The van der Waals surface area contributed by atoms with E-state index in [4.69, 9.17) is 5.11 Å². The third-order valence-corrected chi connectivity index (χ3v) is 5.39. The van der Waals surface area contributed by atoms with Gasteiger partial charge in [0.2, 0.25) is 0 Å². The quantitative estimate of drug-likeness (QED) is 0.486. The average molecular weight is 412 g/mol. The van der Waals surface area contributed by atoms with Crippen LogP contribution in [0.15, 0.2) is 42.5 Å². The van der Waals surface area contributed by atoms with Crippen molar-refractivity contribution < 1.29 is 28.5 Å². The zero-order valence-electron chi connectivity index (χ0n) is 17.6. The molecule has 0 saturated carbocycles. The molecular formula is C23H31F3O3. The zero-order chi connectivity index (χ0) is 22.4. The normalized spacial score (nSPS) is 15.6. The molecule has 2 rings (SSSR count). The number of rotatable bonds is 5. The number of halogens is 3. The third kappa shape index (κ3) is 6.39. The summed E-state index contributed by atoms with van der Waals surface area (Å²) in [6.45, 7) is 8.98. The first-order valence-corrected chi connectivity index (χ1v) is 9.76. The lowest BCUT2D eigenvalue weighted by Crippen LogP contribution is -2.39. The fourth-order valence-corrected chi connectivity index (χ4v) is 2.62. The molecule has 0 aliphatic heterocycles. The number of aliphatic hydroxyl groups is 1. The second-order valence-corrected chi connectivity index (χ2v) is 7.56. The van der Waals surface area contributed by atoms with Gasteiger partial charge in [-0.2, -0.15) is 13.2 Å². The summed E-state index contributed by atoms with van der Waals surface area (Å²) in [4.78, 5) is 0. The van der Waals surface area contributed by atoms with Crippen molar-refractivity contribution in [2.75, 3.05) is 0 Å². The minimum atomic E-state index is -4.66. The van der Waals surface area contributed by atoms with Gasteiger partial charge in [-0.3, -0.25) is 0 Å². The van der Waals surface area contributed by atoms with Crippen LogP contribution in [0.5, 0.6) is 11.5 Å². The maximum atomic E-state index is 12.6. The largest absolute Gasteiger partial charge is 0.504 e. The molecule has 162 valence electrons. The second-order valence-electron chi connectivity index (χ2n) is 7.56. The van der Waals surface area contributed by atoms with E-state index < -0.39 is 11.8 Å². The van der Waals surface area contributed by atoms with Crippen LogP contribution in [0.25, 0.3) is 0 Å². The standard InChI is InChI=1S/C13H17F3O.C10H14O2/c1-4-9(2)10-5-7-11(8-6-10)12(3,17)13(14,15)16;1-3-7(2)8-4-5-9(11)10(12)6-8/h5-9,17H,4H2,1-3H3;4-7,11-12H,3H2,1-2H3. The van der Waals surface area contributed by atoms with Crippen molar-refractivity contribution in [1.82, 2.24) is 0 Å². The van der Waals surface area contributed by atoms with Gasteiger partial charge in [0, 0.05) is 0 Å². The molecule has 3 N–H and O–H groups in total. The molecule has 29 heavy (non-hydrogen) atoms. The lowest BCUT2D eigenvalue weighted by Gasteiger charge is -2.27. The van der Waals surface area contributed by atoms with Gasteiger partial charge in [-0.1, -0.05) is 58.0 Å². The topological polar surface area (TPSA) is 60.7 Å². The molecule has 3 unspecified atom stereocenters. The fourth-order valence-electron chi connectivity index (χ4n) is 2.62. The number of hydrogen-bond donors (Lipinski definition) is 3. The average Bonchev–Trinajstić information content (AvgIpc) is 2.68. The van der Waals surface area contributed by atoms with Crippen molar-refractivity contribution in [2.45, 2.75) is 71.1 Å². The third-order valence-electron chi connectivity index (χ3n) is 5.39. The molecule has 0 amide bonds. The molecule has 0 aromatic heterocycles. The first kappa shape index (κ1) is 24.8. The summed E-state index contributed by atoms with van der Waals surface area (Å²) in [5.41, 5.74) is -0.875. The molecule has 3 nitrogen and oxygen atoms in total. The Labute approximate surface area is 170 Å². The van der Waals surface area contributed by atoms with E-state index in [1.54, 1.807) is 18.2 Å². The lowest BCUT2D eigenvalue weighted by atomic mass is 9.91. The smallest absolute Gasteiger partial charge is 0.421 e. The van der Waals surface area contributed by atoms with E-state index in [2.05, 4.69) is 13.8 Å². The van der Waals surface area contributed by atoms with E-state index in [9.17, 15) is 23.4 Å². The first-order chi connectivity index (χ1) is 13.3. The maximum absolute atomic E-state index is 12.6. The van der Waals surface area contributed by atoms with Crippen molar-refractivity contribution in [1.29, 1.82) is 0 Å². The van der Waals surface area contributed by atoms with Crippen molar-refractivity contribution in [3.05, 3.63) is 59.2 Å². The van der Waals surface area contributed by atoms with E-state index >= 15 is 0 Å². The predicted molar refractivity (Wildman–Crippen MR) is 109 cm³/mol. The first-order valence-electron chi connectivity index (χ1n) is 9.76. The summed E-state index contributed by atoms with van der Waals surface area (Å²) in [6.07, 6.45) is -2.70. The highest BCUT2D eigenvalue weighted by atomic mass is 19.4. The molecule has 0 aliphatic carbocycles. The van der Waals surface area contributed by atoms with E-state index in [0.717, 1.165) is 30.9 Å². The molecule has 3 atom stereocenters. The van der Waals surface area contributed by atoms with Crippen LogP contribution in [0.1, 0.15) is 76.0 Å². The molecule has 0 aliphatic rings. The van der Waals surface area contributed by atoms with Crippen LogP contribution in [0.4, 0.5) is 13.2 Å². The molecular weight excluding hydrogens is 381 g/mol. The number of hydrogen-bond acceptors (Lipinski definition) is 3. The van der Waals surface area contributed by atoms with Crippen molar-refractivity contribution >= 4 is 0 Å². The monoisotopic (exact) mass is 412 g/mol. The Kier molecular flexibility index (Phi) is 8.57. The van der Waals surface area contributed by atoms with Crippen molar-refractivity contribution in [2.24, 2.45) is 0 Å². The maximum Gasteiger partial charge on any atom is 0.421 e. The van der Waals surface area contributed by atoms with Crippen LogP contribution >= 0.6 is 0 Å². The number of alkyl halides is 3. The Morgan fingerprint density at radius 1 is 0.793 bits per heavy atom. The second kappa shape index (κ2) is 10.0. The van der Waals surface area contributed by atoms with Gasteiger partial charge in [0.1, 0.15) is 0 Å². The highest BCUT2D eigenvalue weighted by Crippen LogP contribution is 2.38. The van der Waals surface area contributed by atoms with E-state index in [0.29, 0.717) is 11.8 Å². The molecule has 6 heteroatoms. The minimum absolute atomic E-state index is 0.0344. The van der Waals surface area contributed by atoms with Crippen LogP contribution in [0.2, 0.25) is 0 Å². The van der Waals surface area contributed by atoms with Crippen molar-refractivity contribution in [3.63, 3.8) is 0 Å². The van der Waals surface area contributed by atoms with E-state index in [-0.39, 0.29) is 17.1 Å². The predicted octanol–water partition coefficient (Wildman–Crippen LogP) is 6.58. The molecule has 0 saturated heterocycles. The fraction of sp³-hybridized carbons (Fsp3) is 0.478. The summed E-state index contributed by atoms with van der Waals surface area (Å²) in [6, 6.07) is 10.9. The summed E-state index contributed by atoms with van der Waals surface area (Å²) in [5, 5.41) is 27.7. The van der Waals surface area contributed by atoms with Gasteiger partial charge in [0.25, 0.3) is 0 Å². The zero-order valence-corrected chi connectivity index (χ0v) is 17.6. The van der Waals surface area contributed by atoms with Gasteiger partial charge in [0.05, 0.1) is 0 Å². The summed E-state index contributed by atoms with van der Waals surface area (Å²) >= 11 is 0. The number of phenolic OH excluding ortho intramolecular Hbond substituents is 2. The SMILES string of the molecule is CCC(C)c1ccc(C(C)(O)C(F)(F)F)cc1.CCC(C)c1ccc(O)c(O)c1. The Morgan fingerprint density at radius 2 is 1.24 bits per heavy atom. The van der Waals surface area contributed by atoms with Crippen molar-refractivity contribution in [3.8, 4) is 11.5 Å². The summed E-state index contributed by atoms with van der Waals surface area (Å²) < 4.78 is 37.8. The van der Waals surface area contributed by atoms with Gasteiger partial charge in [-0.25, -0.2) is 0 Å². The Hall–Kier alpha value is -2.21. The molecule has 2 aromatic carbocycles. The Balaban J connectivity index is 0.000000308. The van der Waals surface area contributed by atoms with Crippen LogP contribution in [0.3, 0.4) is 0 Å². The molecule has 0 bridgehead atoms. The van der Waals surface area contributed by atoms with Gasteiger partial charge >= 0.3 is 6.18 Å². The van der Waals surface area contributed by atoms with Gasteiger partial charge in [-0.15, -0.1) is 0 Å². The number of benzene rings is 2. The number of aromatic hydroxyl groups is 2. The Bertz CT molecular complexity index is 768. The van der Waals surface area contributed by atoms with Gasteiger partial charge in [-0.05, 0) is 60.4 Å². The van der Waals surface area contributed by atoms with E-state index in [1.807, 2.05) is 19.9 Å². The minimum Gasteiger partial charge on any atom is -0.504 e. The molecule has 0 radical (unpaired) electrons.